The molecule has 80 valence electrons. The van der Waals surface area contributed by atoms with E-state index < -0.39 is 0 Å². The van der Waals surface area contributed by atoms with Crippen LogP contribution in [0, 0.1) is 5.41 Å². The largest absolute Gasteiger partial charge is 0.321 e. The average molecular weight is 201 g/mol. The Morgan fingerprint density at radius 1 is 1.13 bits per heavy atom. The molecule has 0 aliphatic heterocycles. The maximum atomic E-state index is 6.39. The second-order valence-corrected chi connectivity index (χ2v) is 5.93. The number of benzene rings is 1. The molecule has 1 aromatic rings. The fourth-order valence-corrected chi connectivity index (χ4v) is 2.62. The van der Waals surface area contributed by atoms with E-state index >= 15 is 0 Å². The minimum Gasteiger partial charge on any atom is -0.321 e. The van der Waals surface area contributed by atoms with Crippen molar-refractivity contribution >= 4 is 0 Å². The lowest BCUT2D eigenvalue weighted by Gasteiger charge is -2.15. The van der Waals surface area contributed by atoms with Gasteiger partial charge in [-0.2, -0.15) is 0 Å². The predicted octanol–water partition coefficient (Wildman–Crippen LogP) is 3.15. The first-order valence-electron chi connectivity index (χ1n) is 5.92. The second-order valence-electron chi connectivity index (χ2n) is 5.93. The Morgan fingerprint density at radius 2 is 1.67 bits per heavy atom. The van der Waals surface area contributed by atoms with Crippen LogP contribution < -0.4 is 5.73 Å². The van der Waals surface area contributed by atoms with E-state index in [1.54, 1.807) is 0 Å². The van der Waals surface area contributed by atoms with Crippen molar-refractivity contribution in [3.05, 3.63) is 35.4 Å². The SMILES string of the molecule is CC1(C)CC1(N)c1ccc(C2CC2)cc1. The van der Waals surface area contributed by atoms with Gasteiger partial charge in [-0.05, 0) is 41.7 Å². The summed E-state index contributed by atoms with van der Waals surface area (Å²) in [5, 5.41) is 0. The third kappa shape index (κ3) is 1.33. The monoisotopic (exact) mass is 201 g/mol. The van der Waals surface area contributed by atoms with Gasteiger partial charge in [-0.3, -0.25) is 0 Å². The molecule has 1 aromatic carbocycles. The molecule has 2 aliphatic rings. The summed E-state index contributed by atoms with van der Waals surface area (Å²) >= 11 is 0. The van der Waals surface area contributed by atoms with E-state index in [0.717, 1.165) is 12.3 Å². The summed E-state index contributed by atoms with van der Waals surface area (Å²) in [6, 6.07) is 9.02. The van der Waals surface area contributed by atoms with Gasteiger partial charge in [0.15, 0.2) is 0 Å². The van der Waals surface area contributed by atoms with Crippen molar-refractivity contribution in [3.63, 3.8) is 0 Å². The first-order chi connectivity index (χ1) is 7.03. The molecule has 1 nitrogen and oxygen atoms in total. The molecule has 0 bridgehead atoms. The highest BCUT2D eigenvalue weighted by atomic mass is 14.9. The minimum atomic E-state index is -0.0604. The van der Waals surface area contributed by atoms with Crippen LogP contribution in [0.25, 0.3) is 0 Å². The molecule has 3 rings (SSSR count). The lowest BCUT2D eigenvalue weighted by Crippen LogP contribution is -2.25. The van der Waals surface area contributed by atoms with Crippen LogP contribution in [0.15, 0.2) is 24.3 Å². The van der Waals surface area contributed by atoms with Gasteiger partial charge in [-0.1, -0.05) is 38.1 Å². The minimum absolute atomic E-state index is 0.0604. The highest BCUT2D eigenvalue weighted by Gasteiger charge is 2.59. The van der Waals surface area contributed by atoms with Gasteiger partial charge in [-0.15, -0.1) is 0 Å². The van der Waals surface area contributed by atoms with Crippen LogP contribution >= 0.6 is 0 Å². The van der Waals surface area contributed by atoms with Crippen molar-refractivity contribution in [2.45, 2.75) is 44.6 Å². The highest BCUT2D eigenvalue weighted by molar-refractivity contribution is 5.38. The molecule has 1 atom stereocenters. The summed E-state index contributed by atoms with van der Waals surface area (Å²) in [6.07, 6.45) is 3.86. The average Bonchev–Trinajstić information content (AvgIpc) is 3.06. The first kappa shape index (κ1) is 9.41. The van der Waals surface area contributed by atoms with Gasteiger partial charge >= 0.3 is 0 Å². The topological polar surface area (TPSA) is 26.0 Å². The second kappa shape index (κ2) is 2.65. The molecule has 2 saturated carbocycles. The van der Waals surface area contributed by atoms with E-state index in [4.69, 9.17) is 5.73 Å². The van der Waals surface area contributed by atoms with Crippen LogP contribution in [-0.4, -0.2) is 0 Å². The van der Waals surface area contributed by atoms with Crippen molar-refractivity contribution in [1.82, 2.24) is 0 Å². The molecule has 0 saturated heterocycles. The van der Waals surface area contributed by atoms with E-state index in [1.807, 2.05) is 0 Å². The van der Waals surface area contributed by atoms with Crippen molar-refractivity contribution in [2.75, 3.05) is 0 Å². The number of nitrogens with two attached hydrogens (primary N) is 1. The summed E-state index contributed by atoms with van der Waals surface area (Å²) in [5.74, 6) is 0.847. The summed E-state index contributed by atoms with van der Waals surface area (Å²) in [5.41, 5.74) is 9.43. The Labute approximate surface area is 91.7 Å². The van der Waals surface area contributed by atoms with Crippen LogP contribution in [0.1, 0.15) is 50.2 Å². The van der Waals surface area contributed by atoms with Crippen LogP contribution in [0.4, 0.5) is 0 Å². The summed E-state index contributed by atoms with van der Waals surface area (Å²) < 4.78 is 0. The van der Waals surface area contributed by atoms with Crippen molar-refractivity contribution in [1.29, 1.82) is 0 Å². The zero-order valence-electron chi connectivity index (χ0n) is 9.59. The van der Waals surface area contributed by atoms with E-state index in [2.05, 4.69) is 38.1 Å². The molecule has 0 radical (unpaired) electrons. The fourth-order valence-electron chi connectivity index (χ4n) is 2.62. The zero-order valence-corrected chi connectivity index (χ0v) is 9.59. The van der Waals surface area contributed by atoms with Gasteiger partial charge in [0.1, 0.15) is 0 Å². The third-order valence-corrected chi connectivity index (χ3v) is 4.28. The van der Waals surface area contributed by atoms with E-state index in [0.29, 0.717) is 0 Å². The van der Waals surface area contributed by atoms with Crippen LogP contribution in [-0.2, 0) is 5.54 Å². The van der Waals surface area contributed by atoms with Crippen LogP contribution in [0.3, 0.4) is 0 Å². The van der Waals surface area contributed by atoms with Gasteiger partial charge < -0.3 is 5.73 Å². The van der Waals surface area contributed by atoms with E-state index in [1.165, 1.54) is 24.0 Å². The Balaban J connectivity index is 1.88. The van der Waals surface area contributed by atoms with Crippen LogP contribution in [0.2, 0.25) is 0 Å². The Morgan fingerprint density at radius 3 is 2.07 bits per heavy atom. The third-order valence-electron chi connectivity index (χ3n) is 4.28. The first-order valence-corrected chi connectivity index (χ1v) is 5.92. The lowest BCUT2D eigenvalue weighted by molar-refractivity contribution is 0.510. The maximum absolute atomic E-state index is 6.39. The Hall–Kier alpha value is -0.820. The quantitative estimate of drug-likeness (QED) is 0.781. The van der Waals surface area contributed by atoms with E-state index in [-0.39, 0.29) is 11.0 Å². The Bertz CT molecular complexity index is 386. The normalized spacial score (nSPS) is 32.7. The number of hydrogen-bond acceptors (Lipinski definition) is 1. The molecular weight excluding hydrogens is 182 g/mol. The molecule has 1 heteroatoms. The van der Waals surface area contributed by atoms with Crippen LogP contribution in [0.5, 0.6) is 0 Å². The zero-order chi connectivity index (χ0) is 10.7. The molecule has 0 amide bonds. The Kier molecular flexibility index (Phi) is 1.66. The molecule has 2 fully saturated rings. The van der Waals surface area contributed by atoms with Crippen molar-refractivity contribution in [3.8, 4) is 0 Å². The fraction of sp³-hybridized carbons (Fsp3) is 0.571. The van der Waals surface area contributed by atoms with Gasteiger partial charge in [0, 0.05) is 5.54 Å². The molecule has 1 unspecified atom stereocenters. The molecule has 0 aromatic heterocycles. The van der Waals surface area contributed by atoms with Gasteiger partial charge in [0.05, 0.1) is 0 Å². The molecule has 0 heterocycles. The smallest absolute Gasteiger partial charge is 0.0468 e. The van der Waals surface area contributed by atoms with Gasteiger partial charge in [0.2, 0.25) is 0 Å². The van der Waals surface area contributed by atoms with Crippen molar-refractivity contribution < 1.29 is 0 Å². The van der Waals surface area contributed by atoms with Crippen molar-refractivity contribution in [2.24, 2.45) is 11.1 Å². The molecular formula is C14H19N. The standard InChI is InChI=1S/C14H19N/c1-13(2)9-14(13,15)12-7-5-11(6-8-12)10-3-4-10/h5-8,10H,3-4,9,15H2,1-2H3. The summed E-state index contributed by atoms with van der Waals surface area (Å²) in [4.78, 5) is 0. The lowest BCUT2D eigenvalue weighted by atomic mass is 9.95. The van der Waals surface area contributed by atoms with Gasteiger partial charge in [0.25, 0.3) is 0 Å². The number of rotatable bonds is 2. The van der Waals surface area contributed by atoms with E-state index in [9.17, 15) is 0 Å². The predicted molar refractivity (Wildman–Crippen MR) is 62.7 cm³/mol. The highest BCUT2D eigenvalue weighted by Crippen LogP contribution is 2.60. The van der Waals surface area contributed by atoms with Gasteiger partial charge in [-0.25, -0.2) is 0 Å². The molecule has 2 N–H and O–H groups in total. The molecule has 0 spiro atoms. The maximum Gasteiger partial charge on any atom is 0.0468 e. The summed E-state index contributed by atoms with van der Waals surface area (Å²) in [7, 11) is 0. The number of hydrogen-bond donors (Lipinski definition) is 1. The molecule has 15 heavy (non-hydrogen) atoms. The summed E-state index contributed by atoms with van der Waals surface area (Å²) in [6.45, 7) is 4.50. The molecule has 2 aliphatic carbocycles.